The average molecular weight is 310 g/mol. The van der Waals surface area contributed by atoms with Crippen molar-refractivity contribution >= 4 is 17.5 Å². The van der Waals surface area contributed by atoms with Gasteiger partial charge in [-0.1, -0.05) is 23.7 Å². The molecule has 4 nitrogen and oxygen atoms in total. The van der Waals surface area contributed by atoms with Gasteiger partial charge in [0.05, 0.1) is 6.42 Å². The zero-order valence-electron chi connectivity index (χ0n) is 13.0. The summed E-state index contributed by atoms with van der Waals surface area (Å²) in [5.74, 6) is 0.0615. The van der Waals surface area contributed by atoms with E-state index in [2.05, 4.69) is 36.1 Å². The molecule has 2 rings (SSSR count). The van der Waals surface area contributed by atoms with E-state index in [9.17, 15) is 4.79 Å². The van der Waals surface area contributed by atoms with Crippen LogP contribution in [0.2, 0.25) is 5.02 Å². The zero-order valence-corrected chi connectivity index (χ0v) is 13.7. The number of hydrogen-bond donors (Lipinski definition) is 1. The number of likely N-dealkylation sites (N-methyl/N-ethyl adjacent to an activating group) is 2. The summed E-state index contributed by atoms with van der Waals surface area (Å²) < 4.78 is 0. The molecule has 21 heavy (non-hydrogen) atoms. The van der Waals surface area contributed by atoms with Crippen LogP contribution in [0, 0.1) is 0 Å². The van der Waals surface area contributed by atoms with Crippen LogP contribution in [0.15, 0.2) is 24.3 Å². The number of carbonyl (C=O) groups excluding carboxylic acids is 1. The van der Waals surface area contributed by atoms with Crippen molar-refractivity contribution in [3.63, 3.8) is 0 Å². The lowest BCUT2D eigenvalue weighted by Gasteiger charge is -2.41. The largest absolute Gasteiger partial charge is 0.352 e. The molecule has 1 fully saturated rings. The summed E-state index contributed by atoms with van der Waals surface area (Å²) in [6.07, 6.45) is 0.397. The van der Waals surface area contributed by atoms with E-state index in [4.69, 9.17) is 11.6 Å². The number of benzene rings is 1. The minimum Gasteiger partial charge on any atom is -0.352 e. The SMILES string of the molecule is CC(NC(=O)Cc1ccc(Cl)cc1)C1CN(C)CCN1C. The van der Waals surface area contributed by atoms with Gasteiger partial charge in [-0.15, -0.1) is 0 Å². The number of rotatable bonds is 4. The fourth-order valence-corrected chi connectivity index (χ4v) is 2.90. The summed E-state index contributed by atoms with van der Waals surface area (Å²) in [6, 6.07) is 7.92. The second kappa shape index (κ2) is 7.25. The Balaban J connectivity index is 1.88. The van der Waals surface area contributed by atoms with E-state index < -0.39 is 0 Å². The molecule has 2 atom stereocenters. The smallest absolute Gasteiger partial charge is 0.224 e. The van der Waals surface area contributed by atoms with Gasteiger partial charge in [0.25, 0.3) is 0 Å². The van der Waals surface area contributed by atoms with Crippen LogP contribution in [0.1, 0.15) is 12.5 Å². The van der Waals surface area contributed by atoms with E-state index in [-0.39, 0.29) is 11.9 Å². The number of carbonyl (C=O) groups is 1. The summed E-state index contributed by atoms with van der Waals surface area (Å²) >= 11 is 5.85. The summed E-state index contributed by atoms with van der Waals surface area (Å²) in [4.78, 5) is 16.8. The van der Waals surface area contributed by atoms with Crippen LogP contribution in [0.4, 0.5) is 0 Å². The molecule has 1 heterocycles. The van der Waals surface area contributed by atoms with E-state index in [1.165, 1.54) is 0 Å². The fraction of sp³-hybridized carbons (Fsp3) is 0.562. The Morgan fingerprint density at radius 3 is 2.67 bits per heavy atom. The molecule has 0 aromatic heterocycles. The Kier molecular flexibility index (Phi) is 5.62. The lowest BCUT2D eigenvalue weighted by molar-refractivity contribution is -0.121. The molecule has 1 N–H and O–H groups in total. The molecule has 0 spiro atoms. The van der Waals surface area contributed by atoms with Gasteiger partial charge in [0.2, 0.25) is 5.91 Å². The van der Waals surface area contributed by atoms with Gasteiger partial charge in [0, 0.05) is 36.7 Å². The first-order chi connectivity index (χ1) is 9.95. The average Bonchev–Trinajstić information content (AvgIpc) is 2.44. The first kappa shape index (κ1) is 16.3. The summed E-state index contributed by atoms with van der Waals surface area (Å²) in [6.45, 7) is 5.19. The van der Waals surface area contributed by atoms with Gasteiger partial charge in [-0.25, -0.2) is 0 Å². The van der Waals surface area contributed by atoms with E-state index in [0.717, 1.165) is 25.2 Å². The van der Waals surface area contributed by atoms with Gasteiger partial charge in [0.1, 0.15) is 0 Å². The number of nitrogens with zero attached hydrogens (tertiary/aromatic N) is 2. The van der Waals surface area contributed by atoms with E-state index in [1.54, 1.807) is 0 Å². The molecule has 1 aromatic rings. The van der Waals surface area contributed by atoms with Crippen molar-refractivity contribution in [1.82, 2.24) is 15.1 Å². The van der Waals surface area contributed by atoms with Gasteiger partial charge in [-0.2, -0.15) is 0 Å². The lowest BCUT2D eigenvalue weighted by Crippen LogP contribution is -2.58. The molecule has 1 aliphatic heterocycles. The van der Waals surface area contributed by atoms with Crippen LogP contribution in [0.25, 0.3) is 0 Å². The van der Waals surface area contributed by atoms with Crippen molar-refractivity contribution in [2.24, 2.45) is 0 Å². The lowest BCUT2D eigenvalue weighted by atomic mass is 10.0. The molecular weight excluding hydrogens is 286 g/mol. The van der Waals surface area contributed by atoms with E-state index in [1.807, 2.05) is 24.3 Å². The number of halogens is 1. The molecule has 0 radical (unpaired) electrons. The van der Waals surface area contributed by atoms with E-state index >= 15 is 0 Å². The number of piperazine rings is 1. The van der Waals surface area contributed by atoms with Gasteiger partial charge in [-0.3, -0.25) is 9.69 Å². The Morgan fingerprint density at radius 2 is 2.00 bits per heavy atom. The Morgan fingerprint density at radius 1 is 1.33 bits per heavy atom. The molecule has 1 aromatic carbocycles. The molecule has 0 aliphatic carbocycles. The predicted octanol–water partition coefficient (Wildman–Crippen LogP) is 1.63. The molecule has 1 aliphatic rings. The third-order valence-electron chi connectivity index (χ3n) is 4.14. The number of amides is 1. The normalized spacial score (nSPS) is 22.0. The summed E-state index contributed by atoms with van der Waals surface area (Å²) in [7, 11) is 4.25. The zero-order chi connectivity index (χ0) is 15.4. The summed E-state index contributed by atoms with van der Waals surface area (Å²) in [5.41, 5.74) is 0.984. The topological polar surface area (TPSA) is 35.6 Å². The van der Waals surface area contributed by atoms with Gasteiger partial charge >= 0.3 is 0 Å². The maximum absolute atomic E-state index is 12.2. The van der Waals surface area contributed by atoms with Crippen molar-refractivity contribution in [3.8, 4) is 0 Å². The molecule has 116 valence electrons. The first-order valence-electron chi connectivity index (χ1n) is 7.38. The second-order valence-electron chi connectivity index (χ2n) is 5.97. The highest BCUT2D eigenvalue weighted by molar-refractivity contribution is 6.30. The van der Waals surface area contributed by atoms with Crippen LogP contribution < -0.4 is 5.32 Å². The van der Waals surface area contributed by atoms with E-state index in [0.29, 0.717) is 17.5 Å². The standard InChI is InChI=1S/C16H24ClN3O/c1-12(15-11-19(2)8-9-20(15)3)18-16(21)10-13-4-6-14(17)7-5-13/h4-7,12,15H,8-11H2,1-3H3,(H,18,21). The van der Waals surface area contributed by atoms with Crippen molar-refractivity contribution in [2.45, 2.75) is 25.4 Å². The fourth-order valence-electron chi connectivity index (χ4n) is 2.77. The monoisotopic (exact) mass is 309 g/mol. The third-order valence-corrected chi connectivity index (χ3v) is 4.40. The Labute approximate surface area is 132 Å². The minimum atomic E-state index is 0.0615. The number of nitrogens with one attached hydrogen (secondary N) is 1. The first-order valence-corrected chi connectivity index (χ1v) is 7.76. The van der Waals surface area contributed by atoms with Crippen molar-refractivity contribution in [2.75, 3.05) is 33.7 Å². The Bertz CT molecular complexity index is 477. The predicted molar refractivity (Wildman–Crippen MR) is 86.7 cm³/mol. The molecule has 0 bridgehead atoms. The molecule has 5 heteroatoms. The molecule has 2 unspecified atom stereocenters. The molecular formula is C16H24ClN3O. The molecule has 1 amide bonds. The highest BCUT2D eigenvalue weighted by atomic mass is 35.5. The highest BCUT2D eigenvalue weighted by Gasteiger charge is 2.27. The quantitative estimate of drug-likeness (QED) is 0.918. The highest BCUT2D eigenvalue weighted by Crippen LogP contribution is 2.12. The minimum absolute atomic E-state index is 0.0615. The van der Waals surface area contributed by atoms with Crippen LogP contribution in [-0.2, 0) is 11.2 Å². The summed E-state index contributed by atoms with van der Waals surface area (Å²) in [5, 5.41) is 3.82. The van der Waals surface area contributed by atoms with Crippen molar-refractivity contribution < 1.29 is 4.79 Å². The maximum atomic E-state index is 12.2. The van der Waals surface area contributed by atoms with Crippen molar-refractivity contribution in [3.05, 3.63) is 34.9 Å². The molecule has 1 saturated heterocycles. The van der Waals surface area contributed by atoms with Crippen LogP contribution in [-0.4, -0.2) is 61.5 Å². The molecule has 0 saturated carbocycles. The second-order valence-corrected chi connectivity index (χ2v) is 6.41. The third kappa shape index (κ3) is 4.70. The van der Waals surface area contributed by atoms with Crippen molar-refractivity contribution in [1.29, 1.82) is 0 Å². The van der Waals surface area contributed by atoms with Crippen LogP contribution in [0.3, 0.4) is 0 Å². The Hall–Kier alpha value is -1.10. The number of hydrogen-bond acceptors (Lipinski definition) is 3. The van der Waals surface area contributed by atoms with Crippen LogP contribution >= 0.6 is 11.6 Å². The van der Waals surface area contributed by atoms with Crippen LogP contribution in [0.5, 0.6) is 0 Å². The van der Waals surface area contributed by atoms with Gasteiger partial charge in [0.15, 0.2) is 0 Å². The maximum Gasteiger partial charge on any atom is 0.224 e. The van der Waals surface area contributed by atoms with Gasteiger partial charge in [-0.05, 0) is 38.7 Å². The van der Waals surface area contributed by atoms with Gasteiger partial charge < -0.3 is 10.2 Å².